The number of amides is 2. The van der Waals surface area contributed by atoms with E-state index < -0.39 is 5.41 Å². The Hall–Kier alpha value is -2.04. The highest BCUT2D eigenvalue weighted by molar-refractivity contribution is 5.97. The number of methoxy groups -OCH3 is 1. The quantitative estimate of drug-likeness (QED) is 0.827. The van der Waals surface area contributed by atoms with E-state index in [0.717, 1.165) is 17.5 Å². The largest absolute Gasteiger partial charge is 0.496 e. The van der Waals surface area contributed by atoms with Gasteiger partial charge in [0.1, 0.15) is 5.75 Å². The van der Waals surface area contributed by atoms with Gasteiger partial charge in [-0.05, 0) is 43.5 Å². The molecule has 5 nitrogen and oxygen atoms in total. The highest BCUT2D eigenvalue weighted by atomic mass is 16.5. The van der Waals surface area contributed by atoms with Crippen molar-refractivity contribution < 1.29 is 14.3 Å². The lowest BCUT2D eigenvalue weighted by Crippen LogP contribution is -2.42. The molecule has 1 aromatic carbocycles. The fourth-order valence-electron chi connectivity index (χ4n) is 3.09. The van der Waals surface area contributed by atoms with Gasteiger partial charge < -0.3 is 14.5 Å². The highest BCUT2D eigenvalue weighted by Gasteiger charge is 2.30. The SMILES string of the molecule is COc1cc(C)c(C)cc1C(=O)N1CCCN(C(=O)C(C)(C)C)CC1. The molecule has 0 N–H and O–H groups in total. The Morgan fingerprint density at radius 3 is 2.12 bits per heavy atom. The summed E-state index contributed by atoms with van der Waals surface area (Å²) in [5.74, 6) is 0.732. The molecule has 1 aliphatic rings. The molecule has 0 radical (unpaired) electrons. The molecule has 0 unspecified atom stereocenters. The third-order valence-corrected chi connectivity index (χ3v) is 4.76. The van der Waals surface area contributed by atoms with Crippen molar-refractivity contribution in [1.29, 1.82) is 0 Å². The van der Waals surface area contributed by atoms with Crippen LogP contribution >= 0.6 is 0 Å². The molecule has 1 saturated heterocycles. The van der Waals surface area contributed by atoms with Gasteiger partial charge in [0.25, 0.3) is 5.91 Å². The molecule has 1 aromatic rings. The van der Waals surface area contributed by atoms with E-state index >= 15 is 0 Å². The first-order valence-corrected chi connectivity index (χ1v) is 8.89. The van der Waals surface area contributed by atoms with E-state index in [4.69, 9.17) is 4.74 Å². The third kappa shape index (κ3) is 4.33. The van der Waals surface area contributed by atoms with Crippen LogP contribution in [-0.2, 0) is 4.79 Å². The number of benzene rings is 1. The third-order valence-electron chi connectivity index (χ3n) is 4.76. The number of carbonyl (C=O) groups is 2. The smallest absolute Gasteiger partial charge is 0.257 e. The van der Waals surface area contributed by atoms with E-state index in [1.165, 1.54) is 0 Å². The fourth-order valence-corrected chi connectivity index (χ4v) is 3.09. The van der Waals surface area contributed by atoms with Crippen LogP contribution in [-0.4, -0.2) is 54.9 Å². The van der Waals surface area contributed by atoms with Gasteiger partial charge in [-0.3, -0.25) is 9.59 Å². The lowest BCUT2D eigenvalue weighted by atomic mass is 9.94. The van der Waals surface area contributed by atoms with E-state index in [0.29, 0.717) is 37.5 Å². The van der Waals surface area contributed by atoms with Gasteiger partial charge in [-0.15, -0.1) is 0 Å². The second-order valence-corrected chi connectivity index (χ2v) is 7.82. The number of ether oxygens (including phenoxy) is 1. The monoisotopic (exact) mass is 346 g/mol. The minimum Gasteiger partial charge on any atom is -0.496 e. The van der Waals surface area contributed by atoms with E-state index in [1.807, 2.05) is 56.6 Å². The Morgan fingerprint density at radius 2 is 1.52 bits per heavy atom. The van der Waals surface area contributed by atoms with Gasteiger partial charge in [0.05, 0.1) is 12.7 Å². The van der Waals surface area contributed by atoms with Gasteiger partial charge in [-0.25, -0.2) is 0 Å². The first kappa shape index (κ1) is 19.3. The average Bonchev–Trinajstić information content (AvgIpc) is 2.80. The van der Waals surface area contributed by atoms with Gasteiger partial charge in [0.2, 0.25) is 5.91 Å². The lowest BCUT2D eigenvalue weighted by molar-refractivity contribution is -0.139. The maximum absolute atomic E-state index is 13.0. The summed E-state index contributed by atoms with van der Waals surface area (Å²) in [7, 11) is 1.59. The van der Waals surface area contributed by atoms with Crippen molar-refractivity contribution in [2.75, 3.05) is 33.3 Å². The molecular weight excluding hydrogens is 316 g/mol. The molecular formula is C20H30N2O3. The van der Waals surface area contributed by atoms with E-state index in [9.17, 15) is 9.59 Å². The molecule has 25 heavy (non-hydrogen) atoms. The van der Waals surface area contributed by atoms with E-state index in [-0.39, 0.29) is 11.8 Å². The highest BCUT2D eigenvalue weighted by Crippen LogP contribution is 2.25. The van der Waals surface area contributed by atoms with Crippen LogP contribution in [0.1, 0.15) is 48.7 Å². The summed E-state index contributed by atoms with van der Waals surface area (Å²) in [6.07, 6.45) is 0.792. The maximum Gasteiger partial charge on any atom is 0.257 e. The minimum atomic E-state index is -0.392. The molecule has 0 saturated carbocycles. The van der Waals surface area contributed by atoms with Gasteiger partial charge in [0, 0.05) is 31.6 Å². The first-order valence-electron chi connectivity index (χ1n) is 8.89. The van der Waals surface area contributed by atoms with Crippen LogP contribution < -0.4 is 4.74 Å². The summed E-state index contributed by atoms with van der Waals surface area (Å²) in [6, 6.07) is 3.81. The average molecular weight is 346 g/mol. The zero-order valence-electron chi connectivity index (χ0n) is 16.3. The maximum atomic E-state index is 13.0. The summed E-state index contributed by atoms with van der Waals surface area (Å²) in [5, 5.41) is 0. The molecule has 1 heterocycles. The van der Waals surface area contributed by atoms with Crippen molar-refractivity contribution >= 4 is 11.8 Å². The molecule has 0 aromatic heterocycles. The zero-order valence-corrected chi connectivity index (χ0v) is 16.3. The fraction of sp³-hybridized carbons (Fsp3) is 0.600. The predicted octanol–water partition coefficient (Wildman–Crippen LogP) is 3.03. The second-order valence-electron chi connectivity index (χ2n) is 7.82. The first-order chi connectivity index (χ1) is 11.6. The topological polar surface area (TPSA) is 49.9 Å². The normalized spacial score (nSPS) is 15.8. The Bertz CT molecular complexity index is 662. The van der Waals surface area contributed by atoms with Crippen molar-refractivity contribution in [3.63, 3.8) is 0 Å². The molecule has 5 heteroatoms. The summed E-state index contributed by atoms with van der Waals surface area (Å²) in [6.45, 7) is 12.3. The van der Waals surface area contributed by atoms with Crippen LogP contribution in [0.15, 0.2) is 12.1 Å². The van der Waals surface area contributed by atoms with Gasteiger partial charge in [0.15, 0.2) is 0 Å². The van der Waals surface area contributed by atoms with Gasteiger partial charge in [-0.1, -0.05) is 20.8 Å². The zero-order chi connectivity index (χ0) is 18.8. The standard InChI is InChI=1S/C20H30N2O3/c1-14-12-16(17(25-6)13-15(14)2)18(23)21-8-7-9-22(11-10-21)19(24)20(3,4)5/h12-13H,7-11H2,1-6H3. The molecule has 2 amide bonds. The Kier molecular flexibility index (Phi) is 5.76. The van der Waals surface area contributed by atoms with Crippen LogP contribution in [0.2, 0.25) is 0 Å². The molecule has 0 atom stereocenters. The molecule has 2 rings (SSSR count). The number of carbonyl (C=O) groups excluding carboxylic acids is 2. The summed E-state index contributed by atoms with van der Waals surface area (Å²) < 4.78 is 5.42. The number of hydrogen-bond donors (Lipinski definition) is 0. The molecule has 0 aliphatic carbocycles. The van der Waals surface area contributed by atoms with Gasteiger partial charge >= 0.3 is 0 Å². The van der Waals surface area contributed by atoms with Gasteiger partial charge in [-0.2, -0.15) is 0 Å². The Morgan fingerprint density at radius 1 is 0.960 bits per heavy atom. The van der Waals surface area contributed by atoms with Crippen LogP contribution in [0.25, 0.3) is 0 Å². The van der Waals surface area contributed by atoms with Crippen LogP contribution in [0.4, 0.5) is 0 Å². The van der Waals surface area contributed by atoms with Crippen LogP contribution in [0.3, 0.4) is 0 Å². The van der Waals surface area contributed by atoms with E-state index in [2.05, 4.69) is 0 Å². The van der Waals surface area contributed by atoms with Crippen molar-refractivity contribution in [3.05, 3.63) is 28.8 Å². The summed E-state index contributed by atoms with van der Waals surface area (Å²) in [4.78, 5) is 29.2. The number of aryl methyl sites for hydroxylation is 2. The Balaban J connectivity index is 2.17. The summed E-state index contributed by atoms with van der Waals surface area (Å²) in [5.41, 5.74) is 2.38. The number of nitrogens with zero attached hydrogens (tertiary/aromatic N) is 2. The van der Waals surface area contributed by atoms with Crippen molar-refractivity contribution in [1.82, 2.24) is 9.80 Å². The van der Waals surface area contributed by atoms with Crippen molar-refractivity contribution in [2.45, 2.75) is 41.0 Å². The lowest BCUT2D eigenvalue weighted by Gasteiger charge is -2.28. The molecule has 1 fully saturated rings. The Labute approximate surface area is 150 Å². The molecule has 0 bridgehead atoms. The molecule has 1 aliphatic heterocycles. The summed E-state index contributed by atoms with van der Waals surface area (Å²) >= 11 is 0. The molecule has 138 valence electrons. The number of rotatable bonds is 2. The second kappa shape index (κ2) is 7.46. The van der Waals surface area contributed by atoms with E-state index in [1.54, 1.807) is 7.11 Å². The predicted molar refractivity (Wildman–Crippen MR) is 99.0 cm³/mol. The van der Waals surface area contributed by atoms with Crippen molar-refractivity contribution in [2.24, 2.45) is 5.41 Å². The van der Waals surface area contributed by atoms with Crippen LogP contribution in [0, 0.1) is 19.3 Å². The van der Waals surface area contributed by atoms with Crippen LogP contribution in [0.5, 0.6) is 5.75 Å². The number of hydrogen-bond acceptors (Lipinski definition) is 3. The van der Waals surface area contributed by atoms with Crippen molar-refractivity contribution in [3.8, 4) is 5.75 Å². The molecule has 0 spiro atoms. The minimum absolute atomic E-state index is 0.0231.